The number of nitrogens with one attached hydrogen (secondary N) is 2. The molecule has 3 N–H and O–H groups in total. The minimum absolute atomic E-state index is 0.100. The number of halogens is 2. The minimum atomic E-state index is -3.52. The fraction of sp³-hybridized carbons (Fsp3) is 0.500. The van der Waals surface area contributed by atoms with Crippen molar-refractivity contribution in [2.75, 3.05) is 6.61 Å². The molecule has 37 heavy (non-hydrogen) atoms. The summed E-state index contributed by atoms with van der Waals surface area (Å²) in [5.41, 5.74) is -1.54. The number of aliphatic hydroxyl groups excluding tert-OH is 1. The number of benzene rings is 1. The lowest BCUT2D eigenvalue weighted by molar-refractivity contribution is -0.149. The Morgan fingerprint density at radius 2 is 2.00 bits per heavy atom. The Hall–Kier alpha value is -2.12. The molecule has 11 nitrogen and oxygen atoms in total. The number of carbonyl (C=O) groups excluding carboxylic acids is 1. The van der Waals surface area contributed by atoms with E-state index in [0.717, 1.165) is 10.8 Å². The van der Waals surface area contributed by atoms with Crippen molar-refractivity contribution in [1.82, 2.24) is 14.6 Å². The van der Waals surface area contributed by atoms with E-state index in [9.17, 15) is 19.5 Å². The number of ether oxygens (including phenoxy) is 2. The molecule has 3 rings (SSSR count). The summed E-state index contributed by atoms with van der Waals surface area (Å²) in [5, 5.41) is 10.4. The van der Waals surface area contributed by atoms with Gasteiger partial charge >= 0.3 is 18.3 Å². The molecule has 15 heteroatoms. The maximum atomic E-state index is 15.4. The Balaban J connectivity index is 1.82. The largest absolute Gasteiger partial charge is 0.462 e. The van der Waals surface area contributed by atoms with Crippen molar-refractivity contribution in [3.05, 3.63) is 62.9 Å². The number of hydrogen-bond donors (Lipinski definition) is 3. The molecule has 1 fully saturated rings. The molecular formula is C22H28ClFN3O8PS. The number of carbonyl (C=O) groups is 1. The number of aromatic amines is 1. The second-order valence-corrected chi connectivity index (χ2v) is 12.4. The number of aromatic nitrogens is 2. The topological polar surface area (TPSA) is 141 Å². The van der Waals surface area contributed by atoms with Gasteiger partial charge in [-0.15, -0.1) is 0 Å². The highest BCUT2D eigenvalue weighted by Crippen LogP contribution is 2.48. The van der Waals surface area contributed by atoms with Gasteiger partial charge in [0.2, 0.25) is 0 Å². The van der Waals surface area contributed by atoms with Crippen LogP contribution in [0.5, 0.6) is 5.75 Å². The van der Waals surface area contributed by atoms with Gasteiger partial charge in [-0.25, -0.2) is 14.3 Å². The first-order chi connectivity index (χ1) is 17.2. The van der Waals surface area contributed by atoms with Crippen LogP contribution in [0.1, 0.15) is 32.6 Å². The molecule has 1 aromatic carbocycles. The molecule has 0 bridgehead atoms. The van der Waals surface area contributed by atoms with Gasteiger partial charge in [-0.3, -0.25) is 19.1 Å². The third-order valence-electron chi connectivity index (χ3n) is 5.21. The van der Waals surface area contributed by atoms with E-state index < -0.39 is 60.1 Å². The maximum Gasteiger partial charge on any atom is 0.330 e. The minimum Gasteiger partial charge on any atom is -0.462 e. The molecule has 6 atom stereocenters. The third-order valence-corrected chi connectivity index (χ3v) is 8.12. The lowest BCUT2D eigenvalue weighted by Gasteiger charge is -2.28. The molecule has 0 aliphatic carbocycles. The number of H-pyrrole nitrogens is 1. The van der Waals surface area contributed by atoms with Gasteiger partial charge < -0.3 is 23.6 Å². The molecule has 1 aliphatic rings. The van der Waals surface area contributed by atoms with Crippen LogP contribution in [-0.4, -0.2) is 56.7 Å². The normalized spacial score (nSPS) is 26.0. The van der Waals surface area contributed by atoms with E-state index in [1.165, 1.54) is 13.8 Å². The van der Waals surface area contributed by atoms with Crippen LogP contribution in [0.4, 0.5) is 4.39 Å². The van der Waals surface area contributed by atoms with Crippen LogP contribution in [0.3, 0.4) is 0 Å². The van der Waals surface area contributed by atoms with Crippen molar-refractivity contribution in [3.63, 3.8) is 0 Å². The van der Waals surface area contributed by atoms with E-state index in [1.807, 2.05) is 4.98 Å². The molecule has 204 valence electrons. The van der Waals surface area contributed by atoms with Gasteiger partial charge in [-0.2, -0.15) is 0 Å². The van der Waals surface area contributed by atoms with Crippen molar-refractivity contribution >= 4 is 36.0 Å². The van der Waals surface area contributed by atoms with E-state index >= 15 is 4.39 Å². The molecule has 1 aromatic heterocycles. The first-order valence-corrected chi connectivity index (χ1v) is 14.3. The van der Waals surface area contributed by atoms with E-state index in [0.29, 0.717) is 5.75 Å². The number of para-hydroxylation sites is 1. The SMILES string of the molecule is Cc1cn([C@@H]2O[C@H](CO[P@@](=S)(N[C@H](C)C(=O)OC(C)C)Oc3ccccc3)[C@@H](O)[C@]2(F)Cl)c(=O)[nH]c1=O. The predicted molar refractivity (Wildman–Crippen MR) is 137 cm³/mol. The van der Waals surface area contributed by atoms with E-state index in [-0.39, 0.29) is 11.7 Å². The molecular weight excluding hydrogens is 552 g/mol. The molecule has 1 aliphatic heterocycles. The lowest BCUT2D eigenvalue weighted by atomic mass is 10.1. The summed E-state index contributed by atoms with van der Waals surface area (Å²) >= 11 is 11.5. The number of nitrogens with zero attached hydrogens (tertiary/aromatic N) is 1. The lowest BCUT2D eigenvalue weighted by Crippen LogP contribution is -2.42. The third kappa shape index (κ3) is 7.05. The number of aliphatic hydroxyl groups is 1. The average molecular weight is 580 g/mol. The number of aryl methyl sites for hydroxylation is 1. The van der Waals surface area contributed by atoms with Crippen LogP contribution in [0.25, 0.3) is 0 Å². The zero-order valence-corrected chi connectivity index (χ0v) is 22.9. The van der Waals surface area contributed by atoms with Crippen LogP contribution in [0.15, 0.2) is 46.1 Å². The van der Waals surface area contributed by atoms with Crippen LogP contribution >= 0.6 is 18.2 Å². The Labute approximate surface area is 222 Å². The second kappa shape index (κ2) is 11.7. The van der Waals surface area contributed by atoms with Crippen molar-refractivity contribution in [2.24, 2.45) is 0 Å². The summed E-state index contributed by atoms with van der Waals surface area (Å²) in [4.78, 5) is 38.3. The summed E-state index contributed by atoms with van der Waals surface area (Å²) in [6.45, 7) is 2.26. The summed E-state index contributed by atoms with van der Waals surface area (Å²) in [6.07, 6.45) is -4.44. The Morgan fingerprint density at radius 3 is 2.62 bits per heavy atom. The average Bonchev–Trinajstić information content (AvgIpc) is 3.03. The molecule has 1 saturated heterocycles. The zero-order valence-electron chi connectivity index (χ0n) is 20.4. The number of rotatable bonds is 10. The van der Waals surface area contributed by atoms with Gasteiger partial charge in [-0.1, -0.05) is 29.8 Å². The van der Waals surface area contributed by atoms with Gasteiger partial charge in [0.05, 0.1) is 12.7 Å². The molecule has 0 radical (unpaired) electrons. The van der Waals surface area contributed by atoms with Gasteiger partial charge in [0, 0.05) is 11.8 Å². The Kier molecular flexibility index (Phi) is 9.33. The first-order valence-electron chi connectivity index (χ1n) is 11.2. The quantitative estimate of drug-likeness (QED) is 0.218. The fourth-order valence-corrected chi connectivity index (χ4v) is 6.09. The zero-order chi connectivity index (χ0) is 27.5. The number of hydrogen-bond acceptors (Lipinski definition) is 9. The molecule has 0 spiro atoms. The first kappa shape index (κ1) is 29.4. The van der Waals surface area contributed by atoms with E-state index in [4.69, 9.17) is 41.9 Å². The van der Waals surface area contributed by atoms with E-state index in [1.54, 1.807) is 44.2 Å². The van der Waals surface area contributed by atoms with Crippen LogP contribution in [-0.2, 0) is 30.6 Å². The molecule has 2 heterocycles. The maximum absolute atomic E-state index is 15.4. The Morgan fingerprint density at radius 1 is 1.35 bits per heavy atom. The summed E-state index contributed by atoms with van der Waals surface area (Å²) in [6, 6.07) is 7.48. The summed E-state index contributed by atoms with van der Waals surface area (Å²) in [7, 11) is 0. The van der Waals surface area contributed by atoms with Crippen molar-refractivity contribution in [1.29, 1.82) is 0 Å². The van der Waals surface area contributed by atoms with Crippen LogP contribution in [0, 0.1) is 6.92 Å². The van der Waals surface area contributed by atoms with Gasteiger partial charge in [0.15, 0.2) is 6.23 Å². The monoisotopic (exact) mass is 579 g/mol. The fourth-order valence-electron chi connectivity index (χ4n) is 3.37. The second-order valence-electron chi connectivity index (χ2n) is 8.66. The van der Waals surface area contributed by atoms with Crippen molar-refractivity contribution < 1.29 is 32.8 Å². The highest BCUT2D eigenvalue weighted by Gasteiger charge is 2.58. The van der Waals surface area contributed by atoms with Crippen LogP contribution in [0.2, 0.25) is 0 Å². The van der Waals surface area contributed by atoms with E-state index in [2.05, 4.69) is 5.09 Å². The Bertz CT molecular complexity index is 1270. The smallest absolute Gasteiger partial charge is 0.330 e. The summed E-state index contributed by atoms with van der Waals surface area (Å²) in [5.74, 6) is -0.265. The van der Waals surface area contributed by atoms with Gasteiger partial charge in [-0.05, 0) is 51.6 Å². The molecule has 0 amide bonds. The van der Waals surface area contributed by atoms with Crippen molar-refractivity contribution in [3.8, 4) is 5.75 Å². The van der Waals surface area contributed by atoms with Gasteiger partial charge in [0.1, 0.15) is 24.0 Å². The van der Waals surface area contributed by atoms with Gasteiger partial charge in [0.25, 0.3) is 10.7 Å². The van der Waals surface area contributed by atoms with Crippen molar-refractivity contribution in [2.45, 2.75) is 63.4 Å². The molecule has 2 aromatic rings. The highest BCUT2D eigenvalue weighted by molar-refractivity contribution is 8.09. The van der Waals surface area contributed by atoms with Crippen LogP contribution < -0.4 is 20.9 Å². The number of alkyl halides is 2. The summed E-state index contributed by atoms with van der Waals surface area (Å²) < 4.78 is 38.5. The highest BCUT2D eigenvalue weighted by atomic mass is 35.5. The number of esters is 1. The predicted octanol–water partition coefficient (Wildman–Crippen LogP) is 2.26. The molecule has 0 unspecified atom stereocenters. The standard InChI is InChI=1S/C22H28ClFN3O8PS/c1-12(2)33-19(30)14(4)26-36(37,35-15-8-6-5-7-9-15)32-11-16-17(28)22(23,24)20(34-16)27-10-13(3)18(29)25-21(27)31/h5-10,12,14,16-17,20,28H,11H2,1-4H3,(H,26,37)(H,25,29,31)/t14-,16-,17-,20-,22-,36+/m1/s1. The molecule has 0 saturated carbocycles.